The lowest BCUT2D eigenvalue weighted by molar-refractivity contribution is 0.0511. The summed E-state index contributed by atoms with van der Waals surface area (Å²) >= 11 is 0. The van der Waals surface area contributed by atoms with Gasteiger partial charge in [0.2, 0.25) is 0 Å². The number of carbonyl (C=O) groups is 1. The van der Waals surface area contributed by atoms with Crippen molar-refractivity contribution in [2.45, 2.75) is 33.7 Å². The van der Waals surface area contributed by atoms with E-state index in [9.17, 15) is 4.79 Å². The molecule has 1 aromatic carbocycles. The first kappa shape index (κ1) is 16.1. The Morgan fingerprint density at radius 2 is 1.91 bits per heavy atom. The van der Waals surface area contributed by atoms with Crippen LogP contribution in [-0.2, 0) is 17.7 Å². The molecule has 0 atom stereocenters. The van der Waals surface area contributed by atoms with Crippen molar-refractivity contribution < 1.29 is 14.3 Å². The second-order valence-electron chi connectivity index (χ2n) is 5.00. The summed E-state index contributed by atoms with van der Waals surface area (Å²) in [7, 11) is 1.64. The Bertz CT molecular complexity index is 645. The van der Waals surface area contributed by atoms with Crippen LogP contribution in [0.25, 0.3) is 0 Å². The van der Waals surface area contributed by atoms with Gasteiger partial charge in [-0.2, -0.15) is 5.10 Å². The molecule has 0 fully saturated rings. The Kier molecular flexibility index (Phi) is 5.20. The number of esters is 1. The maximum atomic E-state index is 12.2. The van der Waals surface area contributed by atoms with Gasteiger partial charge in [0, 0.05) is 5.56 Å². The van der Waals surface area contributed by atoms with Gasteiger partial charge in [0.05, 0.1) is 26.0 Å². The van der Waals surface area contributed by atoms with Crippen LogP contribution in [0.4, 0.5) is 0 Å². The SMILES string of the molecule is CCOC(=O)c1c(C)c(CC)nn1Cc1ccc(OC)cc1. The molecule has 2 aromatic rings. The van der Waals surface area contributed by atoms with Crippen molar-refractivity contribution in [2.75, 3.05) is 13.7 Å². The van der Waals surface area contributed by atoms with Gasteiger partial charge in [-0.15, -0.1) is 0 Å². The predicted octanol–water partition coefficient (Wildman–Crippen LogP) is 2.99. The number of aromatic nitrogens is 2. The number of aryl methyl sites for hydroxylation is 1. The van der Waals surface area contributed by atoms with Gasteiger partial charge in [-0.3, -0.25) is 4.68 Å². The average Bonchev–Trinajstić information content (AvgIpc) is 2.84. The number of nitrogens with zero attached hydrogens (tertiary/aromatic N) is 2. The van der Waals surface area contributed by atoms with Crippen LogP contribution in [0, 0.1) is 6.92 Å². The third-order valence-electron chi connectivity index (χ3n) is 3.58. The highest BCUT2D eigenvalue weighted by Crippen LogP contribution is 2.18. The monoisotopic (exact) mass is 302 g/mol. The fourth-order valence-corrected chi connectivity index (χ4v) is 2.41. The van der Waals surface area contributed by atoms with Crippen molar-refractivity contribution in [3.8, 4) is 5.75 Å². The number of rotatable bonds is 6. The van der Waals surface area contributed by atoms with E-state index < -0.39 is 0 Å². The van der Waals surface area contributed by atoms with E-state index in [4.69, 9.17) is 9.47 Å². The van der Waals surface area contributed by atoms with Crippen molar-refractivity contribution >= 4 is 5.97 Å². The minimum atomic E-state index is -0.319. The molecule has 1 aromatic heterocycles. The minimum Gasteiger partial charge on any atom is -0.497 e. The summed E-state index contributed by atoms with van der Waals surface area (Å²) in [6.45, 7) is 6.63. The highest BCUT2D eigenvalue weighted by Gasteiger charge is 2.21. The minimum absolute atomic E-state index is 0.319. The molecule has 118 valence electrons. The Balaban J connectivity index is 2.34. The number of hydrogen-bond acceptors (Lipinski definition) is 4. The quantitative estimate of drug-likeness (QED) is 0.770. The molecule has 0 N–H and O–H groups in total. The standard InChI is InChI=1S/C17H22N2O3/c1-5-15-12(3)16(17(20)22-6-2)19(18-15)11-13-7-9-14(21-4)10-8-13/h7-10H,5-6,11H2,1-4H3. The van der Waals surface area contributed by atoms with Gasteiger partial charge in [0.1, 0.15) is 11.4 Å². The summed E-state index contributed by atoms with van der Waals surface area (Å²) in [6.07, 6.45) is 0.786. The lowest BCUT2D eigenvalue weighted by Gasteiger charge is -2.08. The molecule has 0 saturated heterocycles. The van der Waals surface area contributed by atoms with Crippen LogP contribution < -0.4 is 4.74 Å². The summed E-state index contributed by atoms with van der Waals surface area (Å²) in [5.74, 6) is 0.487. The number of methoxy groups -OCH3 is 1. The third kappa shape index (κ3) is 3.30. The summed E-state index contributed by atoms with van der Waals surface area (Å²) in [5.41, 5.74) is 3.41. The maximum Gasteiger partial charge on any atom is 0.356 e. The summed E-state index contributed by atoms with van der Waals surface area (Å²) in [4.78, 5) is 12.2. The molecule has 0 saturated carbocycles. The summed E-state index contributed by atoms with van der Waals surface area (Å²) < 4.78 is 12.0. The van der Waals surface area contributed by atoms with Gasteiger partial charge in [-0.1, -0.05) is 19.1 Å². The Labute approximate surface area is 130 Å². The molecule has 0 aliphatic heterocycles. The van der Waals surface area contributed by atoms with Crippen LogP contribution in [0.15, 0.2) is 24.3 Å². The molecule has 5 nitrogen and oxygen atoms in total. The van der Waals surface area contributed by atoms with Crippen LogP contribution in [0.3, 0.4) is 0 Å². The molecule has 0 unspecified atom stereocenters. The van der Waals surface area contributed by atoms with Crippen LogP contribution in [-0.4, -0.2) is 29.5 Å². The summed E-state index contributed by atoms with van der Waals surface area (Å²) in [5, 5.41) is 4.55. The molecule has 0 bridgehead atoms. The van der Waals surface area contributed by atoms with E-state index >= 15 is 0 Å². The van der Waals surface area contributed by atoms with Gasteiger partial charge in [-0.25, -0.2) is 4.79 Å². The van der Waals surface area contributed by atoms with E-state index in [1.54, 1.807) is 18.7 Å². The van der Waals surface area contributed by atoms with E-state index in [2.05, 4.69) is 5.10 Å². The van der Waals surface area contributed by atoms with Crippen molar-refractivity contribution in [1.29, 1.82) is 0 Å². The first-order valence-corrected chi connectivity index (χ1v) is 7.47. The normalized spacial score (nSPS) is 10.5. The average molecular weight is 302 g/mol. The number of benzene rings is 1. The first-order valence-electron chi connectivity index (χ1n) is 7.47. The third-order valence-corrected chi connectivity index (χ3v) is 3.58. The number of carbonyl (C=O) groups excluding carboxylic acids is 1. The van der Waals surface area contributed by atoms with Gasteiger partial charge < -0.3 is 9.47 Å². The summed E-state index contributed by atoms with van der Waals surface area (Å²) in [6, 6.07) is 7.74. The molecule has 2 rings (SSSR count). The molecule has 0 aliphatic carbocycles. The molecule has 0 spiro atoms. The molecule has 22 heavy (non-hydrogen) atoms. The van der Waals surface area contributed by atoms with Crippen LogP contribution in [0.2, 0.25) is 0 Å². The van der Waals surface area contributed by atoms with Crippen molar-refractivity contribution in [1.82, 2.24) is 9.78 Å². The maximum absolute atomic E-state index is 12.2. The fraction of sp³-hybridized carbons (Fsp3) is 0.412. The molecule has 0 aliphatic rings. The van der Waals surface area contributed by atoms with E-state index in [-0.39, 0.29) is 5.97 Å². The lowest BCUT2D eigenvalue weighted by Crippen LogP contribution is -2.15. The van der Waals surface area contributed by atoms with Crippen molar-refractivity contribution in [3.05, 3.63) is 46.8 Å². The van der Waals surface area contributed by atoms with E-state index in [0.29, 0.717) is 18.8 Å². The predicted molar refractivity (Wildman–Crippen MR) is 84.4 cm³/mol. The van der Waals surface area contributed by atoms with E-state index in [0.717, 1.165) is 29.0 Å². The molecule has 1 heterocycles. The molecule has 5 heteroatoms. The van der Waals surface area contributed by atoms with Gasteiger partial charge in [0.15, 0.2) is 0 Å². The van der Waals surface area contributed by atoms with Crippen molar-refractivity contribution in [2.24, 2.45) is 0 Å². The Morgan fingerprint density at radius 3 is 2.45 bits per heavy atom. The topological polar surface area (TPSA) is 53.3 Å². The first-order chi connectivity index (χ1) is 10.6. The Morgan fingerprint density at radius 1 is 1.23 bits per heavy atom. The zero-order valence-electron chi connectivity index (χ0n) is 13.5. The zero-order valence-corrected chi connectivity index (χ0v) is 13.5. The van der Waals surface area contributed by atoms with Crippen LogP contribution >= 0.6 is 0 Å². The molecule has 0 radical (unpaired) electrons. The van der Waals surface area contributed by atoms with Crippen molar-refractivity contribution in [3.63, 3.8) is 0 Å². The zero-order chi connectivity index (χ0) is 16.1. The highest BCUT2D eigenvalue weighted by atomic mass is 16.5. The Hall–Kier alpha value is -2.30. The largest absolute Gasteiger partial charge is 0.497 e. The number of ether oxygens (including phenoxy) is 2. The van der Waals surface area contributed by atoms with Crippen LogP contribution in [0.1, 0.15) is 41.2 Å². The lowest BCUT2D eigenvalue weighted by atomic mass is 10.1. The van der Waals surface area contributed by atoms with Crippen LogP contribution in [0.5, 0.6) is 5.75 Å². The molecular formula is C17H22N2O3. The highest BCUT2D eigenvalue weighted by molar-refractivity contribution is 5.89. The molecular weight excluding hydrogens is 280 g/mol. The van der Waals surface area contributed by atoms with Gasteiger partial charge in [0.25, 0.3) is 0 Å². The fourth-order valence-electron chi connectivity index (χ4n) is 2.41. The van der Waals surface area contributed by atoms with Gasteiger partial charge >= 0.3 is 5.97 Å². The smallest absolute Gasteiger partial charge is 0.356 e. The number of hydrogen-bond donors (Lipinski definition) is 0. The van der Waals surface area contributed by atoms with E-state index in [1.807, 2.05) is 38.1 Å². The van der Waals surface area contributed by atoms with E-state index in [1.165, 1.54) is 0 Å². The second-order valence-corrected chi connectivity index (χ2v) is 5.00. The second kappa shape index (κ2) is 7.11. The van der Waals surface area contributed by atoms with Gasteiger partial charge in [-0.05, 0) is 38.0 Å². The molecule has 0 amide bonds.